The number of hydrogen-bond acceptors (Lipinski definition) is 4. The van der Waals surface area contributed by atoms with Gasteiger partial charge in [0.2, 0.25) is 0 Å². The molecule has 26 heavy (non-hydrogen) atoms. The van der Waals surface area contributed by atoms with Crippen LogP contribution in [0.15, 0.2) is 47.8 Å². The molecule has 1 saturated heterocycles. The summed E-state index contributed by atoms with van der Waals surface area (Å²) in [6.07, 6.45) is 1.86. The van der Waals surface area contributed by atoms with E-state index < -0.39 is 0 Å². The Morgan fingerprint density at radius 3 is 2.77 bits per heavy atom. The van der Waals surface area contributed by atoms with Crippen molar-refractivity contribution in [3.8, 4) is 10.6 Å². The number of aromatic nitrogens is 2. The second kappa shape index (κ2) is 7.33. The number of nitrogens with zero attached hydrogens (tertiary/aromatic N) is 2. The number of aromatic amines is 1. The fraction of sp³-hybridized carbons (Fsp3) is 0.300. The van der Waals surface area contributed by atoms with Gasteiger partial charge in [0.1, 0.15) is 0 Å². The number of piperidine rings is 1. The van der Waals surface area contributed by atoms with Crippen LogP contribution in [0.25, 0.3) is 10.6 Å². The highest BCUT2D eigenvalue weighted by Gasteiger charge is 2.23. The lowest BCUT2D eigenvalue weighted by Gasteiger charge is -2.32. The summed E-state index contributed by atoms with van der Waals surface area (Å²) in [5.41, 5.74) is 2.84. The first-order valence-electron chi connectivity index (χ1n) is 8.91. The molecule has 2 aromatic heterocycles. The highest BCUT2D eigenvalue weighted by molar-refractivity contribution is 7.13. The molecule has 1 aromatic carbocycles. The molecule has 0 saturated carbocycles. The molecule has 0 spiro atoms. The molecule has 1 fully saturated rings. The first kappa shape index (κ1) is 16.8. The summed E-state index contributed by atoms with van der Waals surface area (Å²) in [6.45, 7) is 3.77. The van der Waals surface area contributed by atoms with Crippen LogP contribution in [-0.4, -0.2) is 35.2 Å². The topological polar surface area (TPSA) is 61.0 Å². The molecule has 0 radical (unpaired) electrons. The molecule has 0 bridgehead atoms. The number of amides is 1. The third-order valence-corrected chi connectivity index (χ3v) is 5.80. The van der Waals surface area contributed by atoms with E-state index in [1.807, 2.05) is 37.3 Å². The quantitative estimate of drug-likeness (QED) is 0.737. The van der Waals surface area contributed by atoms with Crippen molar-refractivity contribution in [2.75, 3.05) is 18.0 Å². The Labute approximate surface area is 157 Å². The van der Waals surface area contributed by atoms with E-state index >= 15 is 0 Å². The molecule has 5 nitrogen and oxygen atoms in total. The minimum Gasteiger partial charge on any atom is -0.355 e. The molecule has 1 amide bonds. The maximum atomic E-state index is 12.5. The normalized spacial score (nSPS) is 15.2. The molecule has 134 valence electrons. The van der Waals surface area contributed by atoms with E-state index in [9.17, 15) is 4.79 Å². The molecule has 6 heteroatoms. The summed E-state index contributed by atoms with van der Waals surface area (Å²) >= 11 is 1.70. The molecule has 0 unspecified atom stereocenters. The average Bonchev–Trinajstić information content (AvgIpc) is 3.34. The van der Waals surface area contributed by atoms with Crippen LogP contribution in [0.5, 0.6) is 0 Å². The van der Waals surface area contributed by atoms with Gasteiger partial charge in [-0.3, -0.25) is 9.89 Å². The fourth-order valence-corrected chi connectivity index (χ4v) is 4.07. The summed E-state index contributed by atoms with van der Waals surface area (Å²) < 4.78 is 0. The van der Waals surface area contributed by atoms with Gasteiger partial charge in [-0.05, 0) is 42.8 Å². The van der Waals surface area contributed by atoms with Gasteiger partial charge in [-0.1, -0.05) is 24.3 Å². The van der Waals surface area contributed by atoms with Crippen LogP contribution in [0, 0.1) is 6.92 Å². The lowest BCUT2D eigenvalue weighted by Crippen LogP contribution is -2.45. The van der Waals surface area contributed by atoms with Gasteiger partial charge in [0.15, 0.2) is 5.82 Å². The zero-order valence-corrected chi connectivity index (χ0v) is 15.6. The van der Waals surface area contributed by atoms with Crippen molar-refractivity contribution in [1.29, 1.82) is 0 Å². The van der Waals surface area contributed by atoms with E-state index in [4.69, 9.17) is 0 Å². The fourth-order valence-electron chi connectivity index (χ4n) is 3.37. The number of hydrogen-bond donors (Lipinski definition) is 2. The Bertz CT molecular complexity index is 879. The number of carbonyl (C=O) groups excluding carboxylic acids is 1. The van der Waals surface area contributed by atoms with Crippen molar-refractivity contribution < 1.29 is 4.79 Å². The van der Waals surface area contributed by atoms with Gasteiger partial charge in [0.25, 0.3) is 5.91 Å². The van der Waals surface area contributed by atoms with Gasteiger partial charge in [-0.25, -0.2) is 0 Å². The Morgan fingerprint density at radius 1 is 1.23 bits per heavy atom. The van der Waals surface area contributed by atoms with E-state index in [-0.39, 0.29) is 11.9 Å². The number of nitrogens with one attached hydrogen (secondary N) is 2. The van der Waals surface area contributed by atoms with Crippen LogP contribution < -0.4 is 10.2 Å². The highest BCUT2D eigenvalue weighted by Crippen LogP contribution is 2.27. The van der Waals surface area contributed by atoms with E-state index in [0.717, 1.165) is 48.6 Å². The minimum absolute atomic E-state index is 0.0290. The second-order valence-electron chi connectivity index (χ2n) is 6.67. The van der Waals surface area contributed by atoms with Crippen LogP contribution >= 0.6 is 11.3 Å². The highest BCUT2D eigenvalue weighted by atomic mass is 32.1. The van der Waals surface area contributed by atoms with E-state index in [1.54, 1.807) is 11.3 Å². The maximum Gasteiger partial charge on any atom is 0.251 e. The SMILES string of the molecule is Cc1ccccc1C(=O)NC1CCN(c2cc(-c3cccs3)[nH]n2)CC1. The molecule has 0 aliphatic carbocycles. The monoisotopic (exact) mass is 366 g/mol. The second-order valence-corrected chi connectivity index (χ2v) is 7.61. The van der Waals surface area contributed by atoms with Gasteiger partial charge >= 0.3 is 0 Å². The minimum atomic E-state index is 0.0290. The number of carbonyl (C=O) groups is 1. The number of rotatable bonds is 4. The summed E-state index contributed by atoms with van der Waals surface area (Å²) in [4.78, 5) is 16.0. The van der Waals surface area contributed by atoms with Crippen molar-refractivity contribution in [2.24, 2.45) is 0 Å². The molecule has 4 rings (SSSR count). The van der Waals surface area contributed by atoms with Gasteiger partial charge in [-0.2, -0.15) is 5.10 Å². The molecule has 1 aliphatic rings. The van der Waals surface area contributed by atoms with Gasteiger partial charge in [0, 0.05) is 30.8 Å². The lowest BCUT2D eigenvalue weighted by atomic mass is 10.0. The first-order chi connectivity index (χ1) is 12.7. The first-order valence-corrected chi connectivity index (χ1v) is 9.79. The zero-order chi connectivity index (χ0) is 17.9. The summed E-state index contributed by atoms with van der Waals surface area (Å²) in [7, 11) is 0. The smallest absolute Gasteiger partial charge is 0.251 e. The zero-order valence-electron chi connectivity index (χ0n) is 14.7. The molecule has 3 heterocycles. The number of anilines is 1. The van der Waals surface area contributed by atoms with E-state index in [1.165, 1.54) is 4.88 Å². The summed E-state index contributed by atoms with van der Waals surface area (Å²) in [5.74, 6) is 1.01. The molecule has 2 N–H and O–H groups in total. The number of thiophene rings is 1. The number of H-pyrrole nitrogens is 1. The van der Waals surface area contributed by atoms with Crippen LogP contribution in [-0.2, 0) is 0 Å². The summed E-state index contributed by atoms with van der Waals surface area (Å²) in [5, 5.41) is 12.8. The van der Waals surface area contributed by atoms with E-state index in [2.05, 4.69) is 37.9 Å². The maximum absolute atomic E-state index is 12.5. The van der Waals surface area contributed by atoms with Gasteiger partial charge in [-0.15, -0.1) is 11.3 Å². The van der Waals surface area contributed by atoms with Crippen LogP contribution in [0.3, 0.4) is 0 Å². The molecule has 0 atom stereocenters. The molecular formula is C20H22N4OS. The number of benzene rings is 1. The van der Waals surface area contributed by atoms with Crippen LogP contribution in [0.1, 0.15) is 28.8 Å². The number of aryl methyl sites for hydroxylation is 1. The predicted molar refractivity (Wildman–Crippen MR) is 106 cm³/mol. The Balaban J connectivity index is 1.34. The van der Waals surface area contributed by atoms with Crippen molar-refractivity contribution in [3.63, 3.8) is 0 Å². The third kappa shape index (κ3) is 3.51. The van der Waals surface area contributed by atoms with Crippen molar-refractivity contribution in [3.05, 3.63) is 59.0 Å². The lowest BCUT2D eigenvalue weighted by molar-refractivity contribution is 0.0930. The molecule has 3 aromatic rings. The standard InChI is InChI=1S/C20H22N4OS/c1-14-5-2-3-6-16(14)20(25)21-15-8-10-24(11-9-15)19-13-17(22-23-19)18-7-4-12-26-18/h2-7,12-13,15H,8-11H2,1H3,(H,21,25)(H,22,23). The average molecular weight is 366 g/mol. The van der Waals surface area contributed by atoms with Gasteiger partial charge < -0.3 is 10.2 Å². The molecule has 1 aliphatic heterocycles. The van der Waals surface area contributed by atoms with Crippen molar-refractivity contribution in [1.82, 2.24) is 15.5 Å². The van der Waals surface area contributed by atoms with E-state index in [0.29, 0.717) is 0 Å². The van der Waals surface area contributed by atoms with Crippen LogP contribution in [0.4, 0.5) is 5.82 Å². The van der Waals surface area contributed by atoms with Crippen LogP contribution in [0.2, 0.25) is 0 Å². The Morgan fingerprint density at radius 2 is 2.04 bits per heavy atom. The van der Waals surface area contributed by atoms with Crippen molar-refractivity contribution >= 4 is 23.1 Å². The summed E-state index contributed by atoms with van der Waals surface area (Å²) in [6, 6.07) is 14.2. The Hall–Kier alpha value is -2.60. The molecular weight excluding hydrogens is 344 g/mol. The van der Waals surface area contributed by atoms with Gasteiger partial charge in [0.05, 0.1) is 10.6 Å². The van der Waals surface area contributed by atoms with Crippen molar-refractivity contribution in [2.45, 2.75) is 25.8 Å². The predicted octanol–water partition coefficient (Wildman–Crippen LogP) is 3.85. The third-order valence-electron chi connectivity index (χ3n) is 4.89. The Kier molecular flexibility index (Phi) is 4.75. The largest absolute Gasteiger partial charge is 0.355 e.